The second kappa shape index (κ2) is 5.37. The number of nitrogen functional groups attached to an aromatic ring is 1. The zero-order chi connectivity index (χ0) is 13.9. The fourth-order valence-electron chi connectivity index (χ4n) is 2.39. The minimum absolute atomic E-state index is 0.107. The van der Waals surface area contributed by atoms with Gasteiger partial charge in [0.05, 0.1) is 0 Å². The first kappa shape index (κ1) is 12.7. The molecule has 0 radical (unpaired) electrons. The molecule has 0 bridgehead atoms. The highest BCUT2D eigenvalue weighted by Gasteiger charge is 2.32. The fourth-order valence-corrected chi connectivity index (χ4v) is 2.39. The van der Waals surface area contributed by atoms with Crippen LogP contribution in [-0.4, -0.2) is 16.8 Å². The van der Waals surface area contributed by atoms with Crippen LogP contribution in [0.4, 0.5) is 5.69 Å². The Hall–Kier alpha value is -2.29. The van der Waals surface area contributed by atoms with Crippen molar-refractivity contribution in [3.8, 4) is 0 Å². The maximum Gasteiger partial charge on any atom is 0.254 e. The third-order valence-corrected chi connectivity index (χ3v) is 3.57. The third-order valence-electron chi connectivity index (χ3n) is 3.57. The predicted molar refractivity (Wildman–Crippen MR) is 80.2 cm³/mol. The molecule has 0 aliphatic heterocycles. The highest BCUT2D eigenvalue weighted by molar-refractivity contribution is 5.94. The van der Waals surface area contributed by atoms with Crippen molar-refractivity contribution in [2.75, 3.05) is 5.73 Å². The number of hydrogen-bond donors (Lipinski definition) is 1. The molecule has 20 heavy (non-hydrogen) atoms. The van der Waals surface area contributed by atoms with E-state index >= 15 is 0 Å². The highest BCUT2D eigenvalue weighted by atomic mass is 16.2. The van der Waals surface area contributed by atoms with Gasteiger partial charge in [-0.2, -0.15) is 0 Å². The Morgan fingerprint density at radius 2 is 1.85 bits per heavy atom. The number of benzene rings is 2. The Labute approximate surface area is 119 Å². The minimum Gasteiger partial charge on any atom is -0.399 e. The Morgan fingerprint density at radius 1 is 1.10 bits per heavy atom. The van der Waals surface area contributed by atoms with Gasteiger partial charge >= 0.3 is 0 Å². The van der Waals surface area contributed by atoms with E-state index in [0.29, 0.717) is 12.6 Å². The van der Waals surface area contributed by atoms with Gasteiger partial charge in [0.1, 0.15) is 0 Å². The molecular formula is C17H18N2O. The van der Waals surface area contributed by atoms with Crippen LogP contribution in [0.3, 0.4) is 0 Å². The number of nitrogens with zero attached hydrogens (tertiary/aromatic N) is 1. The largest absolute Gasteiger partial charge is 0.399 e. The van der Waals surface area contributed by atoms with E-state index in [2.05, 4.69) is 0 Å². The molecule has 1 aliphatic carbocycles. The molecule has 1 fully saturated rings. The summed E-state index contributed by atoms with van der Waals surface area (Å²) in [4.78, 5) is 14.6. The Balaban J connectivity index is 1.81. The van der Waals surface area contributed by atoms with Gasteiger partial charge in [0.15, 0.2) is 0 Å². The van der Waals surface area contributed by atoms with E-state index in [1.54, 1.807) is 0 Å². The number of carbonyl (C=O) groups is 1. The lowest BCUT2D eigenvalue weighted by Gasteiger charge is -2.23. The molecular weight excluding hydrogens is 248 g/mol. The zero-order valence-corrected chi connectivity index (χ0v) is 11.3. The topological polar surface area (TPSA) is 46.3 Å². The molecule has 3 nitrogen and oxygen atoms in total. The van der Waals surface area contributed by atoms with Gasteiger partial charge in [0.2, 0.25) is 0 Å². The van der Waals surface area contributed by atoms with Crippen LogP contribution in [0.25, 0.3) is 0 Å². The van der Waals surface area contributed by atoms with Gasteiger partial charge in [-0.15, -0.1) is 0 Å². The molecule has 0 unspecified atom stereocenters. The summed E-state index contributed by atoms with van der Waals surface area (Å²) in [6.45, 7) is 0.628. The minimum atomic E-state index is 0.107. The van der Waals surface area contributed by atoms with Gasteiger partial charge in [-0.25, -0.2) is 0 Å². The molecule has 0 atom stereocenters. The van der Waals surface area contributed by atoms with Crippen molar-refractivity contribution in [1.29, 1.82) is 0 Å². The second-order valence-corrected chi connectivity index (χ2v) is 5.28. The Morgan fingerprint density at radius 3 is 2.50 bits per heavy atom. The fraction of sp³-hybridized carbons (Fsp3) is 0.235. The predicted octanol–water partition coefficient (Wildman–Crippen LogP) is 3.07. The number of rotatable bonds is 4. The molecule has 102 valence electrons. The van der Waals surface area contributed by atoms with Crippen molar-refractivity contribution in [2.24, 2.45) is 0 Å². The number of hydrogen-bond acceptors (Lipinski definition) is 2. The number of carbonyl (C=O) groups excluding carboxylic acids is 1. The zero-order valence-electron chi connectivity index (χ0n) is 11.3. The van der Waals surface area contributed by atoms with Crippen molar-refractivity contribution in [1.82, 2.24) is 4.90 Å². The van der Waals surface area contributed by atoms with Crippen LogP contribution in [0, 0.1) is 0 Å². The number of nitrogens with two attached hydrogens (primary N) is 1. The van der Waals surface area contributed by atoms with Crippen molar-refractivity contribution in [3.05, 3.63) is 65.7 Å². The van der Waals surface area contributed by atoms with Crippen molar-refractivity contribution in [2.45, 2.75) is 25.4 Å². The quantitative estimate of drug-likeness (QED) is 0.864. The van der Waals surface area contributed by atoms with Crippen LogP contribution in [0.1, 0.15) is 28.8 Å². The van der Waals surface area contributed by atoms with E-state index in [0.717, 1.165) is 29.7 Å². The molecule has 2 N–H and O–H groups in total. The Bertz CT molecular complexity index is 605. The van der Waals surface area contributed by atoms with E-state index in [1.165, 1.54) is 0 Å². The maximum absolute atomic E-state index is 12.6. The lowest BCUT2D eigenvalue weighted by Crippen LogP contribution is -2.32. The first-order chi connectivity index (χ1) is 9.74. The first-order valence-corrected chi connectivity index (χ1v) is 6.94. The summed E-state index contributed by atoms with van der Waals surface area (Å²) >= 11 is 0. The standard InChI is InChI=1S/C17H18N2O/c18-15-8-4-5-13(11-15)12-19(16-9-10-16)17(20)14-6-2-1-3-7-14/h1-8,11,16H,9-10,12,18H2. The number of amides is 1. The summed E-state index contributed by atoms with van der Waals surface area (Å²) in [7, 11) is 0. The summed E-state index contributed by atoms with van der Waals surface area (Å²) < 4.78 is 0. The highest BCUT2D eigenvalue weighted by Crippen LogP contribution is 2.30. The van der Waals surface area contributed by atoms with Crippen LogP contribution in [0.2, 0.25) is 0 Å². The smallest absolute Gasteiger partial charge is 0.254 e. The SMILES string of the molecule is Nc1cccc(CN(C(=O)c2ccccc2)C2CC2)c1. The van der Waals surface area contributed by atoms with Crippen LogP contribution in [-0.2, 0) is 6.54 Å². The molecule has 2 aromatic rings. The average Bonchev–Trinajstić information content (AvgIpc) is 3.30. The summed E-state index contributed by atoms with van der Waals surface area (Å²) in [6, 6.07) is 17.6. The van der Waals surface area contributed by atoms with Gasteiger partial charge in [-0.05, 0) is 42.7 Å². The molecule has 3 heteroatoms. The van der Waals surface area contributed by atoms with Crippen LogP contribution in [0.5, 0.6) is 0 Å². The lowest BCUT2D eigenvalue weighted by atomic mass is 10.1. The molecule has 2 aromatic carbocycles. The summed E-state index contributed by atoms with van der Waals surface area (Å²) in [5, 5.41) is 0. The Kier molecular flexibility index (Phi) is 3.42. The van der Waals surface area contributed by atoms with Gasteiger partial charge in [-0.3, -0.25) is 4.79 Å². The van der Waals surface area contributed by atoms with E-state index in [-0.39, 0.29) is 5.91 Å². The molecule has 1 aliphatic rings. The van der Waals surface area contributed by atoms with E-state index in [9.17, 15) is 4.79 Å². The molecule has 1 saturated carbocycles. The molecule has 1 amide bonds. The van der Waals surface area contributed by atoms with Crippen LogP contribution >= 0.6 is 0 Å². The molecule has 0 aromatic heterocycles. The van der Waals surface area contributed by atoms with Crippen LogP contribution < -0.4 is 5.73 Å². The summed E-state index contributed by atoms with van der Waals surface area (Å²) in [5.41, 5.74) is 8.39. The average molecular weight is 266 g/mol. The summed E-state index contributed by atoms with van der Waals surface area (Å²) in [6.07, 6.45) is 2.20. The van der Waals surface area contributed by atoms with Crippen molar-refractivity contribution in [3.63, 3.8) is 0 Å². The second-order valence-electron chi connectivity index (χ2n) is 5.28. The van der Waals surface area contributed by atoms with Crippen molar-refractivity contribution < 1.29 is 4.79 Å². The summed E-state index contributed by atoms with van der Waals surface area (Å²) in [5.74, 6) is 0.107. The lowest BCUT2D eigenvalue weighted by molar-refractivity contribution is 0.0730. The van der Waals surface area contributed by atoms with Gasteiger partial charge in [-0.1, -0.05) is 30.3 Å². The molecule has 3 rings (SSSR count). The van der Waals surface area contributed by atoms with Crippen molar-refractivity contribution >= 4 is 11.6 Å². The molecule has 0 saturated heterocycles. The van der Waals surface area contributed by atoms with Crippen LogP contribution in [0.15, 0.2) is 54.6 Å². The normalized spacial score (nSPS) is 14.0. The monoisotopic (exact) mass is 266 g/mol. The molecule has 0 spiro atoms. The third kappa shape index (κ3) is 2.82. The number of anilines is 1. The van der Waals surface area contributed by atoms with Gasteiger partial charge < -0.3 is 10.6 Å². The first-order valence-electron chi connectivity index (χ1n) is 6.94. The van der Waals surface area contributed by atoms with E-state index in [1.807, 2.05) is 59.5 Å². The maximum atomic E-state index is 12.6. The van der Waals surface area contributed by atoms with Gasteiger partial charge in [0, 0.05) is 23.8 Å². The van der Waals surface area contributed by atoms with Gasteiger partial charge in [0.25, 0.3) is 5.91 Å². The van der Waals surface area contributed by atoms with E-state index in [4.69, 9.17) is 5.73 Å². The van der Waals surface area contributed by atoms with E-state index < -0.39 is 0 Å². The molecule has 0 heterocycles.